The lowest BCUT2D eigenvalue weighted by Crippen LogP contribution is -2.51. The molecule has 1 aliphatic heterocycles. The van der Waals surface area contributed by atoms with Crippen molar-refractivity contribution in [1.29, 1.82) is 5.26 Å². The van der Waals surface area contributed by atoms with Gasteiger partial charge >= 0.3 is 5.97 Å². The Labute approximate surface area is 106 Å². The Morgan fingerprint density at radius 2 is 2.33 bits per heavy atom. The lowest BCUT2D eigenvalue weighted by atomic mass is 10.3. The lowest BCUT2D eigenvalue weighted by Gasteiger charge is -2.31. The zero-order chi connectivity index (χ0) is 13.8. The fraction of sp³-hybridized carbons (Fsp3) is 0.800. The van der Waals surface area contributed by atoms with E-state index < -0.39 is 27.3 Å². The van der Waals surface area contributed by atoms with E-state index in [0.29, 0.717) is 0 Å². The number of esters is 1. The van der Waals surface area contributed by atoms with E-state index in [2.05, 4.69) is 4.74 Å². The zero-order valence-electron chi connectivity index (χ0n) is 10.3. The van der Waals surface area contributed by atoms with Gasteiger partial charge in [-0.2, -0.15) is 9.57 Å². The molecule has 2 atom stereocenters. The van der Waals surface area contributed by atoms with Crippen molar-refractivity contribution in [3.05, 3.63) is 0 Å². The number of rotatable bonds is 4. The number of carbonyl (C=O) groups is 1. The predicted molar refractivity (Wildman–Crippen MR) is 61.9 cm³/mol. The van der Waals surface area contributed by atoms with Gasteiger partial charge in [-0.3, -0.25) is 0 Å². The fourth-order valence-corrected chi connectivity index (χ4v) is 3.27. The fourth-order valence-electron chi connectivity index (χ4n) is 1.68. The number of carbonyl (C=O) groups excluding carboxylic acids is 1. The van der Waals surface area contributed by atoms with Gasteiger partial charge in [-0.15, -0.1) is 0 Å². The van der Waals surface area contributed by atoms with E-state index in [0.717, 1.165) is 4.31 Å². The van der Waals surface area contributed by atoms with Gasteiger partial charge in [0.2, 0.25) is 10.0 Å². The average molecular weight is 276 g/mol. The van der Waals surface area contributed by atoms with E-state index in [4.69, 9.17) is 10.00 Å². The third kappa shape index (κ3) is 2.98. The first kappa shape index (κ1) is 14.9. The summed E-state index contributed by atoms with van der Waals surface area (Å²) in [5.74, 6) is -0.611. The van der Waals surface area contributed by atoms with Gasteiger partial charge in [0, 0.05) is 6.54 Å². The first-order valence-electron chi connectivity index (χ1n) is 5.55. The predicted octanol–water partition coefficient (Wildman–Crippen LogP) is -0.508. The summed E-state index contributed by atoms with van der Waals surface area (Å²) in [5, 5.41) is 7.75. The number of hydrogen-bond acceptors (Lipinski definition) is 6. The molecule has 7 nitrogen and oxygen atoms in total. The summed E-state index contributed by atoms with van der Waals surface area (Å²) < 4.78 is 35.0. The van der Waals surface area contributed by atoms with Gasteiger partial charge in [-0.25, -0.2) is 13.2 Å². The van der Waals surface area contributed by atoms with E-state index in [1.165, 1.54) is 7.11 Å². The van der Waals surface area contributed by atoms with E-state index in [-0.39, 0.29) is 26.1 Å². The molecule has 102 valence electrons. The number of ether oxygens (including phenoxy) is 2. The van der Waals surface area contributed by atoms with Crippen molar-refractivity contribution in [2.24, 2.45) is 0 Å². The zero-order valence-corrected chi connectivity index (χ0v) is 11.1. The second-order valence-corrected chi connectivity index (χ2v) is 5.93. The summed E-state index contributed by atoms with van der Waals surface area (Å²) in [6, 6.07) is 1.76. The van der Waals surface area contributed by atoms with Crippen molar-refractivity contribution in [2.75, 3.05) is 26.8 Å². The van der Waals surface area contributed by atoms with Crippen molar-refractivity contribution in [2.45, 2.75) is 24.7 Å². The Bertz CT molecular complexity index is 442. The standard InChI is InChI=1S/C10H16N2O5S/c1-3-8(6-11)18(14,15)12-4-5-17-9(7-12)10(13)16-2/h8-9H,3-5,7H2,1-2H3. The summed E-state index contributed by atoms with van der Waals surface area (Å²) in [4.78, 5) is 11.3. The summed E-state index contributed by atoms with van der Waals surface area (Å²) in [5.41, 5.74) is 0. The Balaban J connectivity index is 2.84. The molecule has 0 bridgehead atoms. The second kappa shape index (κ2) is 6.13. The van der Waals surface area contributed by atoms with E-state index >= 15 is 0 Å². The minimum Gasteiger partial charge on any atom is -0.467 e. The smallest absolute Gasteiger partial charge is 0.336 e. The van der Waals surface area contributed by atoms with E-state index in [9.17, 15) is 13.2 Å². The molecule has 0 saturated carbocycles. The van der Waals surface area contributed by atoms with Crippen LogP contribution in [0.25, 0.3) is 0 Å². The molecular formula is C10H16N2O5S. The Kier molecular flexibility index (Phi) is 5.07. The van der Waals surface area contributed by atoms with Gasteiger partial charge in [0.1, 0.15) is 0 Å². The lowest BCUT2D eigenvalue weighted by molar-refractivity contribution is -0.157. The quantitative estimate of drug-likeness (QED) is 0.642. The summed E-state index contributed by atoms with van der Waals surface area (Å²) in [6.45, 7) is 1.78. The molecule has 1 heterocycles. The maximum absolute atomic E-state index is 12.1. The maximum Gasteiger partial charge on any atom is 0.336 e. The molecule has 1 aliphatic rings. The third-order valence-electron chi connectivity index (χ3n) is 2.73. The molecule has 1 fully saturated rings. The third-order valence-corrected chi connectivity index (χ3v) is 4.94. The van der Waals surface area contributed by atoms with Gasteiger partial charge in [0.15, 0.2) is 11.4 Å². The Hall–Kier alpha value is -1.17. The molecule has 0 aromatic heterocycles. The van der Waals surface area contributed by atoms with Crippen LogP contribution >= 0.6 is 0 Å². The van der Waals surface area contributed by atoms with Crippen molar-refractivity contribution >= 4 is 16.0 Å². The second-order valence-electron chi connectivity index (χ2n) is 3.81. The van der Waals surface area contributed by atoms with Crippen molar-refractivity contribution in [3.63, 3.8) is 0 Å². The highest BCUT2D eigenvalue weighted by Gasteiger charge is 2.37. The molecule has 18 heavy (non-hydrogen) atoms. The largest absolute Gasteiger partial charge is 0.467 e. The van der Waals surface area contributed by atoms with E-state index in [1.807, 2.05) is 0 Å². The van der Waals surface area contributed by atoms with Crippen molar-refractivity contribution < 1.29 is 22.7 Å². The Morgan fingerprint density at radius 3 is 2.83 bits per heavy atom. The molecule has 0 amide bonds. The van der Waals surface area contributed by atoms with Gasteiger partial charge in [-0.1, -0.05) is 6.92 Å². The van der Waals surface area contributed by atoms with Crippen LogP contribution in [0.2, 0.25) is 0 Å². The van der Waals surface area contributed by atoms with Crippen LogP contribution in [-0.2, 0) is 24.3 Å². The van der Waals surface area contributed by atoms with Crippen molar-refractivity contribution in [1.82, 2.24) is 4.31 Å². The molecule has 2 unspecified atom stereocenters. The van der Waals surface area contributed by atoms with Crippen LogP contribution in [0.3, 0.4) is 0 Å². The number of nitriles is 1. The van der Waals surface area contributed by atoms with Crippen LogP contribution in [0, 0.1) is 11.3 Å². The van der Waals surface area contributed by atoms with Crippen LogP contribution in [0.4, 0.5) is 0 Å². The molecule has 0 aromatic carbocycles. The maximum atomic E-state index is 12.1. The minimum absolute atomic E-state index is 0.104. The molecule has 0 radical (unpaired) electrons. The molecule has 0 N–H and O–H groups in total. The van der Waals surface area contributed by atoms with Gasteiger partial charge < -0.3 is 9.47 Å². The molecule has 0 aliphatic carbocycles. The monoisotopic (exact) mass is 276 g/mol. The van der Waals surface area contributed by atoms with E-state index in [1.54, 1.807) is 13.0 Å². The highest BCUT2D eigenvalue weighted by atomic mass is 32.2. The van der Waals surface area contributed by atoms with Crippen LogP contribution < -0.4 is 0 Å². The molecule has 1 saturated heterocycles. The van der Waals surface area contributed by atoms with Crippen LogP contribution in [0.15, 0.2) is 0 Å². The molecular weight excluding hydrogens is 260 g/mol. The molecule has 1 rings (SSSR count). The number of morpholine rings is 1. The highest BCUT2D eigenvalue weighted by Crippen LogP contribution is 2.16. The first-order chi connectivity index (χ1) is 8.47. The SMILES string of the molecule is CCC(C#N)S(=O)(=O)N1CCOC(C(=O)OC)C1. The summed E-state index contributed by atoms with van der Waals surface area (Å²) in [6.07, 6.45) is -0.714. The molecule has 0 aromatic rings. The highest BCUT2D eigenvalue weighted by molar-refractivity contribution is 7.90. The topological polar surface area (TPSA) is 96.7 Å². The first-order valence-corrected chi connectivity index (χ1v) is 7.05. The van der Waals surface area contributed by atoms with Gasteiger partial charge in [0.25, 0.3) is 0 Å². The number of nitrogens with zero attached hydrogens (tertiary/aromatic N) is 2. The normalized spacial score (nSPS) is 23.1. The van der Waals surface area contributed by atoms with Crippen molar-refractivity contribution in [3.8, 4) is 6.07 Å². The summed E-state index contributed by atoms with van der Waals surface area (Å²) >= 11 is 0. The number of sulfonamides is 1. The van der Waals surface area contributed by atoms with Crippen LogP contribution in [0.5, 0.6) is 0 Å². The molecule has 8 heteroatoms. The van der Waals surface area contributed by atoms with Gasteiger partial charge in [0.05, 0.1) is 26.3 Å². The summed E-state index contributed by atoms with van der Waals surface area (Å²) in [7, 11) is -2.50. The van der Waals surface area contributed by atoms with Gasteiger partial charge in [-0.05, 0) is 6.42 Å². The number of hydrogen-bond donors (Lipinski definition) is 0. The molecule has 0 spiro atoms. The minimum atomic E-state index is -3.71. The number of methoxy groups -OCH3 is 1. The van der Waals surface area contributed by atoms with Crippen LogP contribution in [0.1, 0.15) is 13.3 Å². The average Bonchev–Trinajstić information content (AvgIpc) is 2.39. The van der Waals surface area contributed by atoms with Crippen LogP contribution in [-0.4, -0.2) is 56.9 Å². The Morgan fingerprint density at radius 1 is 1.67 bits per heavy atom.